The molecule has 9 heteroatoms. The molecule has 3 unspecified atom stereocenters. The van der Waals surface area contributed by atoms with Crippen LogP contribution in [0.5, 0.6) is 0 Å². The minimum Gasteiger partial charge on any atom is -0.756 e. The Kier molecular flexibility index (Phi) is 60.7. The van der Waals surface area contributed by atoms with Crippen molar-refractivity contribution < 1.29 is 32.9 Å². The normalized spacial score (nSPS) is 13.8. The third-order valence-electron chi connectivity index (χ3n) is 16.4. The molecule has 0 rings (SSSR count). The largest absolute Gasteiger partial charge is 0.756 e. The van der Waals surface area contributed by atoms with E-state index in [1.54, 1.807) is 6.08 Å². The number of aliphatic hydroxyl groups excluding tert-OH is 1. The molecule has 8 nitrogen and oxygen atoms in total. The topological polar surface area (TPSA) is 108 Å². The van der Waals surface area contributed by atoms with Crippen molar-refractivity contribution in [3.8, 4) is 0 Å². The molecule has 470 valence electrons. The Labute approximate surface area is 494 Å². The third-order valence-corrected chi connectivity index (χ3v) is 17.4. The van der Waals surface area contributed by atoms with Crippen molar-refractivity contribution in [3.63, 3.8) is 0 Å². The number of hydrogen-bond donors (Lipinski definition) is 2. The van der Waals surface area contributed by atoms with Crippen LogP contribution in [0.15, 0.2) is 24.3 Å². The summed E-state index contributed by atoms with van der Waals surface area (Å²) in [7, 11) is 1.26. The highest BCUT2D eigenvalue weighted by atomic mass is 31.2. The zero-order valence-electron chi connectivity index (χ0n) is 53.9. The molecule has 0 radical (unpaired) electrons. The van der Waals surface area contributed by atoms with E-state index in [4.69, 9.17) is 9.05 Å². The maximum atomic E-state index is 13.0. The van der Waals surface area contributed by atoms with Gasteiger partial charge in [0, 0.05) is 6.42 Å². The van der Waals surface area contributed by atoms with Crippen LogP contribution < -0.4 is 10.2 Å². The zero-order chi connectivity index (χ0) is 57.7. The average Bonchev–Trinajstić information content (AvgIpc) is 3.42. The molecule has 2 N–H and O–H groups in total. The van der Waals surface area contributed by atoms with Crippen molar-refractivity contribution in [2.24, 2.45) is 0 Å². The molecule has 0 fully saturated rings. The molecule has 0 aromatic heterocycles. The Bertz CT molecular complexity index is 1340. The van der Waals surface area contributed by atoms with Gasteiger partial charge in [-0.15, -0.1) is 0 Å². The number of rotatable bonds is 66. The zero-order valence-corrected chi connectivity index (χ0v) is 54.8. The van der Waals surface area contributed by atoms with E-state index < -0.39 is 20.0 Å². The van der Waals surface area contributed by atoms with Gasteiger partial charge < -0.3 is 28.8 Å². The Morgan fingerprint density at radius 2 is 0.709 bits per heavy atom. The van der Waals surface area contributed by atoms with E-state index in [2.05, 4.69) is 31.3 Å². The SMILES string of the molecule is CCCCCCCCCCCCC/C=C/CC/C=C/C(O)C(COP(=O)([O-])OCC[N+](C)(C)C)NC(=O)CCCCCCCCCCCCCCCCCCCCCCCCCCCCCCCCCCCCCCCCCC. The first-order valence-corrected chi connectivity index (χ1v) is 36.7. The monoisotopic (exact) mass is 1140 g/mol. The molecule has 0 heterocycles. The van der Waals surface area contributed by atoms with Gasteiger partial charge in [-0.2, -0.15) is 0 Å². The third kappa shape index (κ3) is 64.4. The minimum atomic E-state index is -4.60. The van der Waals surface area contributed by atoms with E-state index >= 15 is 0 Å². The number of allylic oxidation sites excluding steroid dienone is 3. The lowest BCUT2D eigenvalue weighted by atomic mass is 10.0. The minimum absolute atomic E-state index is 0.00364. The maximum Gasteiger partial charge on any atom is 0.268 e. The highest BCUT2D eigenvalue weighted by Gasteiger charge is 2.23. The van der Waals surface area contributed by atoms with Gasteiger partial charge in [-0.05, 0) is 32.1 Å². The first kappa shape index (κ1) is 78.0. The van der Waals surface area contributed by atoms with Gasteiger partial charge in [0.25, 0.3) is 7.82 Å². The number of carbonyl (C=O) groups excluding carboxylic acids is 1. The Hall–Kier alpha value is -1.02. The van der Waals surface area contributed by atoms with Gasteiger partial charge in [0.05, 0.1) is 39.9 Å². The molecule has 0 saturated carbocycles. The number of amides is 1. The molecule has 1 amide bonds. The maximum absolute atomic E-state index is 13.0. The Morgan fingerprint density at radius 1 is 0.430 bits per heavy atom. The number of carbonyl (C=O) groups is 1. The lowest BCUT2D eigenvalue weighted by Crippen LogP contribution is -2.45. The lowest BCUT2D eigenvalue weighted by Gasteiger charge is -2.29. The van der Waals surface area contributed by atoms with Crippen molar-refractivity contribution in [1.29, 1.82) is 0 Å². The summed E-state index contributed by atoms with van der Waals surface area (Å²) in [5.41, 5.74) is 0. The first-order valence-electron chi connectivity index (χ1n) is 35.2. The van der Waals surface area contributed by atoms with E-state index in [9.17, 15) is 19.4 Å². The van der Waals surface area contributed by atoms with E-state index in [1.165, 1.54) is 308 Å². The number of phosphoric acid groups is 1. The number of aliphatic hydroxyl groups is 1. The van der Waals surface area contributed by atoms with Gasteiger partial charge in [-0.3, -0.25) is 9.36 Å². The second-order valence-electron chi connectivity index (χ2n) is 25.6. The van der Waals surface area contributed by atoms with Crippen LogP contribution in [0.4, 0.5) is 0 Å². The number of nitrogens with zero attached hydrogens (tertiary/aromatic N) is 1. The van der Waals surface area contributed by atoms with E-state index in [0.29, 0.717) is 17.4 Å². The van der Waals surface area contributed by atoms with Crippen LogP contribution in [0.2, 0.25) is 0 Å². The van der Waals surface area contributed by atoms with Crippen molar-refractivity contribution in [1.82, 2.24) is 5.32 Å². The molecule has 0 aliphatic heterocycles. The number of unbranched alkanes of at least 4 members (excludes halogenated alkanes) is 51. The van der Waals surface area contributed by atoms with Crippen molar-refractivity contribution >= 4 is 13.7 Å². The van der Waals surface area contributed by atoms with Gasteiger partial charge >= 0.3 is 0 Å². The smallest absolute Gasteiger partial charge is 0.268 e. The van der Waals surface area contributed by atoms with Gasteiger partial charge in [-0.25, -0.2) is 0 Å². The number of quaternary nitrogens is 1. The highest BCUT2D eigenvalue weighted by molar-refractivity contribution is 7.45. The van der Waals surface area contributed by atoms with E-state index in [0.717, 1.165) is 38.5 Å². The summed E-state index contributed by atoms with van der Waals surface area (Å²) < 4.78 is 23.4. The molecular formula is C70H139N2O6P. The second kappa shape index (κ2) is 61.5. The molecule has 79 heavy (non-hydrogen) atoms. The number of phosphoric ester groups is 1. The number of likely N-dealkylation sites (N-methyl/N-ethyl adjacent to an activating group) is 1. The summed E-state index contributed by atoms with van der Waals surface area (Å²) in [6, 6.07) is -0.901. The first-order chi connectivity index (χ1) is 38.5. The Morgan fingerprint density at radius 3 is 1.03 bits per heavy atom. The van der Waals surface area contributed by atoms with Crippen LogP contribution in [0.3, 0.4) is 0 Å². The molecule has 0 aromatic carbocycles. The summed E-state index contributed by atoms with van der Waals surface area (Å²) in [6.45, 7) is 4.68. The second-order valence-corrected chi connectivity index (χ2v) is 27.0. The van der Waals surface area contributed by atoms with Crippen LogP contribution in [-0.2, 0) is 18.4 Å². The van der Waals surface area contributed by atoms with Crippen molar-refractivity contribution in [3.05, 3.63) is 24.3 Å². The van der Waals surface area contributed by atoms with Crippen LogP contribution in [0.1, 0.15) is 367 Å². The van der Waals surface area contributed by atoms with Crippen LogP contribution in [0.25, 0.3) is 0 Å². The van der Waals surface area contributed by atoms with Gasteiger partial charge in [-0.1, -0.05) is 353 Å². The quantitative estimate of drug-likeness (QED) is 0.0272. The molecule has 3 atom stereocenters. The van der Waals surface area contributed by atoms with Crippen LogP contribution >= 0.6 is 7.82 Å². The molecule has 0 spiro atoms. The molecule has 0 aliphatic carbocycles. The predicted molar refractivity (Wildman–Crippen MR) is 344 cm³/mol. The van der Waals surface area contributed by atoms with Crippen LogP contribution in [-0.4, -0.2) is 68.5 Å². The van der Waals surface area contributed by atoms with Gasteiger partial charge in [0.2, 0.25) is 5.91 Å². The van der Waals surface area contributed by atoms with E-state index in [1.807, 2.05) is 27.2 Å². The van der Waals surface area contributed by atoms with Gasteiger partial charge in [0.15, 0.2) is 0 Å². The fraction of sp³-hybridized carbons (Fsp3) is 0.929. The predicted octanol–water partition coefficient (Wildman–Crippen LogP) is 21.6. The van der Waals surface area contributed by atoms with Crippen LogP contribution in [0, 0.1) is 0 Å². The summed E-state index contributed by atoms with van der Waals surface area (Å²) in [5, 5.41) is 13.9. The van der Waals surface area contributed by atoms with Crippen molar-refractivity contribution in [2.45, 2.75) is 379 Å². The summed E-state index contributed by atoms with van der Waals surface area (Å²) >= 11 is 0. The van der Waals surface area contributed by atoms with Crippen molar-refractivity contribution in [2.75, 3.05) is 40.9 Å². The Balaban J connectivity index is 3.87. The number of nitrogens with one attached hydrogen (secondary N) is 1. The molecule has 0 aliphatic rings. The lowest BCUT2D eigenvalue weighted by molar-refractivity contribution is -0.870. The average molecular weight is 1140 g/mol. The fourth-order valence-electron chi connectivity index (χ4n) is 10.9. The molecule has 0 bridgehead atoms. The molecule has 0 aromatic rings. The molecular weight excluding hydrogens is 996 g/mol. The standard InChI is InChI=1S/C70H139N2O6P/c1-6-8-10-12-14-16-18-20-22-24-25-26-27-28-29-30-31-32-33-34-35-36-37-38-39-40-41-42-43-44-45-46-48-50-52-54-56-58-60-62-64-70(74)71-68(67-78-79(75,76)77-66-65-72(3,4)5)69(73)63-61-59-57-55-53-51-49-47-23-21-19-17-15-13-11-9-7-2/h53,55,61,63,68-69,73H,6-52,54,56-60,62,64-67H2,1-5H3,(H-,71,74,75,76)/b55-53+,63-61+. The summed E-state index contributed by atoms with van der Waals surface area (Å²) in [4.78, 5) is 25.6. The molecule has 0 saturated heterocycles. The summed E-state index contributed by atoms with van der Waals surface area (Å²) in [6.07, 6.45) is 80.5. The highest BCUT2D eigenvalue weighted by Crippen LogP contribution is 2.38. The number of hydrogen-bond acceptors (Lipinski definition) is 6. The van der Waals surface area contributed by atoms with E-state index in [-0.39, 0.29) is 19.1 Å². The summed E-state index contributed by atoms with van der Waals surface area (Å²) in [5.74, 6) is -0.199. The fourth-order valence-corrected chi connectivity index (χ4v) is 11.7. The van der Waals surface area contributed by atoms with Gasteiger partial charge in [0.1, 0.15) is 13.2 Å².